The molecule has 0 aliphatic carbocycles. The number of non-ortho nitro benzene ring substituents is 1. The van der Waals surface area contributed by atoms with Gasteiger partial charge in [0.1, 0.15) is 5.75 Å². The van der Waals surface area contributed by atoms with E-state index in [0.29, 0.717) is 0 Å². The summed E-state index contributed by atoms with van der Waals surface area (Å²) in [6.07, 6.45) is 2.41. The van der Waals surface area contributed by atoms with Gasteiger partial charge in [-0.1, -0.05) is 5.75 Å². The molecule has 0 aliphatic rings. The number of rotatable bonds is 5. The summed E-state index contributed by atoms with van der Waals surface area (Å²) < 4.78 is 4.81. The SMILES string of the molecule is COc1cc([N+](=O)[O-])cc(/C=N\NC(=O)c2ccc(C)nc2)c1[O-]. The van der Waals surface area contributed by atoms with Crippen LogP contribution < -0.4 is 15.3 Å². The number of hydrogen-bond donors (Lipinski definition) is 1. The molecule has 0 radical (unpaired) electrons. The molecule has 9 nitrogen and oxygen atoms in total. The average molecular weight is 329 g/mol. The lowest BCUT2D eigenvalue weighted by molar-refractivity contribution is -0.385. The third-order valence-corrected chi connectivity index (χ3v) is 3.04. The largest absolute Gasteiger partial charge is 0.870 e. The lowest BCUT2D eigenvalue weighted by atomic mass is 10.2. The van der Waals surface area contributed by atoms with E-state index in [1.807, 2.05) is 0 Å². The van der Waals surface area contributed by atoms with Crippen molar-refractivity contribution in [3.63, 3.8) is 0 Å². The Morgan fingerprint density at radius 2 is 2.17 bits per heavy atom. The predicted molar refractivity (Wildman–Crippen MR) is 83.1 cm³/mol. The average Bonchev–Trinajstić information content (AvgIpc) is 2.56. The smallest absolute Gasteiger partial charge is 0.273 e. The van der Waals surface area contributed by atoms with Gasteiger partial charge < -0.3 is 9.84 Å². The van der Waals surface area contributed by atoms with Crippen molar-refractivity contribution < 1.29 is 19.6 Å². The van der Waals surface area contributed by atoms with Gasteiger partial charge in [-0.05, 0) is 24.6 Å². The highest BCUT2D eigenvalue weighted by Crippen LogP contribution is 2.31. The zero-order valence-electron chi connectivity index (χ0n) is 12.8. The van der Waals surface area contributed by atoms with Crippen molar-refractivity contribution in [2.45, 2.75) is 6.92 Å². The number of nitrogens with zero attached hydrogens (tertiary/aromatic N) is 3. The number of amides is 1. The van der Waals surface area contributed by atoms with Crippen LogP contribution in [0.4, 0.5) is 5.69 Å². The summed E-state index contributed by atoms with van der Waals surface area (Å²) in [5.41, 5.74) is 2.87. The van der Waals surface area contributed by atoms with E-state index < -0.39 is 16.6 Å². The molecule has 0 saturated heterocycles. The van der Waals surface area contributed by atoms with Gasteiger partial charge in [0.05, 0.1) is 29.9 Å². The molecule has 0 fully saturated rings. The maximum Gasteiger partial charge on any atom is 0.273 e. The number of nitro groups is 1. The van der Waals surface area contributed by atoms with Gasteiger partial charge in [-0.15, -0.1) is 0 Å². The van der Waals surface area contributed by atoms with Crippen LogP contribution in [0.3, 0.4) is 0 Å². The number of ether oxygens (including phenoxy) is 1. The summed E-state index contributed by atoms with van der Waals surface area (Å²) in [4.78, 5) is 26.0. The second kappa shape index (κ2) is 7.18. The number of carbonyl (C=O) groups is 1. The molecule has 1 aromatic carbocycles. The van der Waals surface area contributed by atoms with Gasteiger partial charge >= 0.3 is 0 Å². The van der Waals surface area contributed by atoms with Crippen molar-refractivity contribution in [3.05, 3.63) is 57.4 Å². The van der Waals surface area contributed by atoms with Crippen molar-refractivity contribution in [1.82, 2.24) is 10.4 Å². The first-order chi connectivity index (χ1) is 11.4. The number of aryl methyl sites for hydroxylation is 1. The Balaban J connectivity index is 2.19. The first-order valence-corrected chi connectivity index (χ1v) is 6.72. The van der Waals surface area contributed by atoms with E-state index in [2.05, 4.69) is 15.5 Å². The van der Waals surface area contributed by atoms with E-state index >= 15 is 0 Å². The van der Waals surface area contributed by atoms with Gasteiger partial charge in [0.15, 0.2) is 0 Å². The maximum absolute atomic E-state index is 12.0. The van der Waals surface area contributed by atoms with Crippen molar-refractivity contribution >= 4 is 17.8 Å². The molecule has 0 aliphatic heterocycles. The summed E-state index contributed by atoms with van der Waals surface area (Å²) >= 11 is 0. The molecule has 2 rings (SSSR count). The number of carbonyl (C=O) groups excluding carboxylic acids is 1. The van der Waals surface area contributed by atoms with Crippen molar-refractivity contribution in [1.29, 1.82) is 0 Å². The van der Waals surface area contributed by atoms with Crippen molar-refractivity contribution in [2.75, 3.05) is 7.11 Å². The molecule has 124 valence electrons. The number of nitrogens with one attached hydrogen (secondary N) is 1. The fourth-order valence-electron chi connectivity index (χ4n) is 1.79. The molecular weight excluding hydrogens is 316 g/mol. The molecule has 0 spiro atoms. The first kappa shape index (κ1) is 16.9. The van der Waals surface area contributed by atoms with Gasteiger partial charge in [-0.25, -0.2) is 5.43 Å². The predicted octanol–water partition coefficient (Wildman–Crippen LogP) is 1.14. The standard InChI is InChI=1S/C15H14N4O5/c1-9-3-4-10(7-16-9)15(21)18-17-8-11-5-12(19(22)23)6-13(24-2)14(11)20/h3-8,20H,1-2H3,(H,18,21)/p-1/b17-8-. The van der Waals surface area contributed by atoms with Crippen LogP contribution in [0.2, 0.25) is 0 Å². The van der Waals surface area contributed by atoms with Crippen LogP contribution in [-0.2, 0) is 0 Å². The molecule has 1 amide bonds. The summed E-state index contributed by atoms with van der Waals surface area (Å²) in [7, 11) is 1.23. The third kappa shape index (κ3) is 3.83. The second-order valence-corrected chi connectivity index (χ2v) is 4.71. The van der Waals surface area contributed by atoms with Crippen LogP contribution >= 0.6 is 0 Å². The van der Waals surface area contributed by atoms with Crippen LogP contribution in [0.15, 0.2) is 35.6 Å². The molecule has 0 saturated carbocycles. The number of aromatic nitrogens is 1. The highest BCUT2D eigenvalue weighted by molar-refractivity contribution is 5.95. The monoisotopic (exact) mass is 329 g/mol. The summed E-state index contributed by atoms with van der Waals surface area (Å²) in [6.45, 7) is 1.78. The van der Waals surface area contributed by atoms with Crippen LogP contribution in [0.5, 0.6) is 11.5 Å². The highest BCUT2D eigenvalue weighted by Gasteiger charge is 2.11. The molecule has 0 unspecified atom stereocenters. The quantitative estimate of drug-likeness (QED) is 0.497. The van der Waals surface area contributed by atoms with Crippen LogP contribution in [-0.4, -0.2) is 29.1 Å². The van der Waals surface area contributed by atoms with Gasteiger partial charge in [-0.2, -0.15) is 5.10 Å². The molecule has 1 aromatic heterocycles. The molecular formula is C15H13N4O5-. The molecule has 2 aromatic rings. The van der Waals surface area contributed by atoms with Crippen molar-refractivity contribution in [3.8, 4) is 11.5 Å². The number of hydrogen-bond acceptors (Lipinski definition) is 7. The minimum Gasteiger partial charge on any atom is -0.870 e. The number of methoxy groups -OCH3 is 1. The Morgan fingerprint density at radius 3 is 2.75 bits per heavy atom. The van der Waals surface area contributed by atoms with E-state index in [0.717, 1.165) is 24.0 Å². The summed E-state index contributed by atoms with van der Waals surface area (Å²) in [6, 6.07) is 5.31. The normalized spacial score (nSPS) is 10.6. The van der Waals surface area contributed by atoms with Gasteiger partial charge in [0.2, 0.25) is 0 Å². The first-order valence-electron chi connectivity index (χ1n) is 6.72. The lowest BCUT2D eigenvalue weighted by Crippen LogP contribution is -2.18. The summed E-state index contributed by atoms with van der Waals surface area (Å²) in [5, 5.41) is 26.5. The Hall–Kier alpha value is -3.49. The number of benzene rings is 1. The van der Waals surface area contributed by atoms with E-state index in [1.165, 1.54) is 13.3 Å². The van der Waals surface area contributed by atoms with Crippen molar-refractivity contribution in [2.24, 2.45) is 5.10 Å². The van der Waals surface area contributed by atoms with Crippen LogP contribution in [0.25, 0.3) is 0 Å². The minimum atomic E-state index is -0.657. The fraction of sp³-hybridized carbons (Fsp3) is 0.133. The number of nitro benzene ring substituents is 1. The number of hydrazone groups is 1. The minimum absolute atomic E-state index is 0.0802. The third-order valence-electron chi connectivity index (χ3n) is 3.04. The topological polar surface area (TPSA) is 130 Å². The molecule has 0 atom stereocenters. The Kier molecular flexibility index (Phi) is 5.05. The molecule has 0 bridgehead atoms. The highest BCUT2D eigenvalue weighted by atomic mass is 16.6. The number of pyridine rings is 1. The second-order valence-electron chi connectivity index (χ2n) is 4.71. The zero-order chi connectivity index (χ0) is 17.7. The fourth-order valence-corrected chi connectivity index (χ4v) is 1.79. The van der Waals surface area contributed by atoms with Crippen LogP contribution in [0.1, 0.15) is 21.6 Å². The van der Waals surface area contributed by atoms with Gasteiger partial charge in [-0.3, -0.25) is 19.9 Å². The van der Waals surface area contributed by atoms with E-state index in [1.54, 1.807) is 19.1 Å². The van der Waals surface area contributed by atoms with E-state index in [-0.39, 0.29) is 22.6 Å². The van der Waals surface area contributed by atoms with E-state index in [9.17, 15) is 20.0 Å². The molecule has 1 heterocycles. The maximum atomic E-state index is 12.0. The Labute approximate surface area is 136 Å². The zero-order valence-corrected chi connectivity index (χ0v) is 12.8. The van der Waals surface area contributed by atoms with Gasteiger partial charge in [0.25, 0.3) is 11.6 Å². The van der Waals surface area contributed by atoms with Crippen LogP contribution in [0, 0.1) is 17.0 Å². The molecule has 1 N–H and O–H groups in total. The molecule has 24 heavy (non-hydrogen) atoms. The van der Waals surface area contributed by atoms with Gasteiger partial charge in [0, 0.05) is 18.0 Å². The lowest BCUT2D eigenvalue weighted by Gasteiger charge is -2.14. The molecule has 9 heteroatoms. The summed E-state index contributed by atoms with van der Waals surface area (Å²) in [5.74, 6) is -1.28. The Bertz CT molecular complexity index is 802. The van der Waals surface area contributed by atoms with E-state index in [4.69, 9.17) is 4.74 Å². The Morgan fingerprint density at radius 1 is 1.42 bits per heavy atom.